The minimum Gasteiger partial charge on any atom is -0.479 e. The molecule has 0 saturated carbocycles. The minimum atomic E-state index is -3.16. The van der Waals surface area contributed by atoms with Gasteiger partial charge in [-0.2, -0.15) is 0 Å². The third kappa shape index (κ3) is 4.18. The normalized spacial score (nSPS) is 13.3. The molecule has 2 aromatic carbocycles. The highest BCUT2D eigenvalue weighted by molar-refractivity contribution is 6.30. The van der Waals surface area contributed by atoms with Gasteiger partial charge < -0.3 is 10.2 Å². The van der Waals surface area contributed by atoms with Crippen LogP contribution in [0.5, 0.6) is 0 Å². The van der Waals surface area contributed by atoms with Crippen molar-refractivity contribution in [2.24, 2.45) is 0 Å². The van der Waals surface area contributed by atoms with Gasteiger partial charge in [0.2, 0.25) is 0 Å². The van der Waals surface area contributed by atoms with Crippen LogP contribution in [0.4, 0.5) is 13.2 Å². The topological polar surface area (TPSA) is 74.6 Å². The van der Waals surface area contributed by atoms with Gasteiger partial charge in [0.05, 0.1) is 12.0 Å². The van der Waals surface area contributed by atoms with Gasteiger partial charge in [-0.25, -0.2) is 18.0 Å². The molecule has 1 atom stereocenters. The molecule has 0 heterocycles. The van der Waals surface area contributed by atoms with Crippen molar-refractivity contribution in [2.75, 3.05) is 0 Å². The van der Waals surface area contributed by atoms with Gasteiger partial charge >= 0.3 is 5.97 Å². The average Bonchev–Trinajstić information content (AvgIpc) is 2.48. The fourth-order valence-electron chi connectivity index (χ4n) is 2.39. The van der Waals surface area contributed by atoms with E-state index in [-0.39, 0.29) is 18.6 Å². The van der Waals surface area contributed by atoms with Crippen LogP contribution in [0, 0.1) is 17.5 Å². The molecule has 0 fully saturated rings. The third-order valence-electron chi connectivity index (χ3n) is 3.54. The fourth-order valence-corrected chi connectivity index (χ4v) is 2.51. The Kier molecular flexibility index (Phi) is 5.49. The lowest BCUT2D eigenvalue weighted by molar-refractivity contribution is -0.163. The van der Waals surface area contributed by atoms with Gasteiger partial charge in [-0.15, -0.1) is 0 Å². The van der Waals surface area contributed by atoms with Crippen LogP contribution < -0.4 is 0 Å². The van der Waals surface area contributed by atoms with E-state index in [0.717, 1.165) is 0 Å². The Morgan fingerprint density at radius 1 is 1.04 bits per heavy atom. The first-order valence-electron chi connectivity index (χ1n) is 7.00. The smallest absolute Gasteiger partial charge is 0.341 e. The molecule has 0 bridgehead atoms. The number of aliphatic carboxylic acids is 1. The van der Waals surface area contributed by atoms with Crippen molar-refractivity contribution in [3.63, 3.8) is 0 Å². The molecule has 0 amide bonds. The van der Waals surface area contributed by atoms with Crippen LogP contribution in [0.3, 0.4) is 0 Å². The Morgan fingerprint density at radius 2 is 1.56 bits per heavy atom. The van der Waals surface area contributed by atoms with Crippen molar-refractivity contribution < 1.29 is 33.0 Å². The first-order chi connectivity index (χ1) is 11.6. The summed E-state index contributed by atoms with van der Waals surface area (Å²) in [4.78, 5) is 23.5. The standard InChI is InChI=1S/C17H12ClF3O4/c18-10-3-1-9(2-4-10)5-12(22)8-17(25,16(23)24)15-13(20)6-11(19)7-14(15)21/h1-4,6-7,25H,5,8H2,(H,23,24). The molecule has 1 unspecified atom stereocenters. The molecule has 0 saturated heterocycles. The molecule has 0 radical (unpaired) electrons. The van der Waals surface area contributed by atoms with Gasteiger partial charge in [0.25, 0.3) is 0 Å². The maximum Gasteiger partial charge on any atom is 0.341 e. The number of Topliss-reactive ketones (excluding diaryl/α,β-unsaturated/α-hetero) is 1. The maximum absolute atomic E-state index is 13.9. The van der Waals surface area contributed by atoms with Crippen molar-refractivity contribution in [2.45, 2.75) is 18.4 Å². The Labute approximate surface area is 145 Å². The lowest BCUT2D eigenvalue weighted by Crippen LogP contribution is -2.40. The average molecular weight is 373 g/mol. The van der Waals surface area contributed by atoms with E-state index in [1.807, 2.05) is 0 Å². The van der Waals surface area contributed by atoms with Crippen LogP contribution in [0.25, 0.3) is 0 Å². The molecule has 2 N–H and O–H groups in total. The van der Waals surface area contributed by atoms with Gasteiger partial charge in [0.15, 0.2) is 5.60 Å². The van der Waals surface area contributed by atoms with E-state index in [1.165, 1.54) is 24.3 Å². The van der Waals surface area contributed by atoms with Gasteiger partial charge in [0, 0.05) is 23.6 Å². The molecule has 2 aromatic rings. The Balaban J connectivity index is 2.33. The Morgan fingerprint density at radius 3 is 2.04 bits per heavy atom. The number of carbonyl (C=O) groups is 2. The van der Waals surface area contributed by atoms with Crippen LogP contribution in [0.2, 0.25) is 5.02 Å². The van der Waals surface area contributed by atoms with Crippen molar-refractivity contribution in [3.05, 3.63) is 70.0 Å². The van der Waals surface area contributed by atoms with E-state index < -0.39 is 46.8 Å². The fraction of sp³-hybridized carbons (Fsp3) is 0.176. The zero-order chi connectivity index (χ0) is 18.8. The van der Waals surface area contributed by atoms with E-state index in [9.17, 15) is 33.0 Å². The molecule has 132 valence electrons. The summed E-state index contributed by atoms with van der Waals surface area (Å²) in [6, 6.07) is 6.50. The monoisotopic (exact) mass is 372 g/mol. The molecular formula is C17H12ClF3O4. The van der Waals surface area contributed by atoms with E-state index in [2.05, 4.69) is 0 Å². The quantitative estimate of drug-likeness (QED) is 0.816. The predicted octanol–water partition coefficient (Wildman–Crippen LogP) is 3.23. The van der Waals surface area contributed by atoms with Crippen molar-refractivity contribution in [1.29, 1.82) is 0 Å². The lowest BCUT2D eigenvalue weighted by atomic mass is 9.86. The highest BCUT2D eigenvalue weighted by atomic mass is 35.5. The summed E-state index contributed by atoms with van der Waals surface area (Å²) in [6.45, 7) is 0. The Hall–Kier alpha value is -2.38. The second kappa shape index (κ2) is 7.25. The number of hydrogen-bond donors (Lipinski definition) is 2. The molecular weight excluding hydrogens is 361 g/mol. The summed E-state index contributed by atoms with van der Waals surface area (Å²) in [6.07, 6.45) is -1.37. The molecule has 4 nitrogen and oxygen atoms in total. The number of aliphatic hydroxyl groups is 1. The SMILES string of the molecule is O=C(Cc1ccc(Cl)cc1)CC(O)(C(=O)O)c1c(F)cc(F)cc1F. The van der Waals surface area contributed by atoms with Crippen LogP contribution in [-0.2, 0) is 21.6 Å². The number of carbonyl (C=O) groups excluding carboxylic acids is 1. The van der Waals surface area contributed by atoms with Crippen molar-refractivity contribution in [1.82, 2.24) is 0 Å². The zero-order valence-electron chi connectivity index (χ0n) is 12.6. The van der Waals surface area contributed by atoms with E-state index >= 15 is 0 Å². The molecule has 2 rings (SSSR count). The van der Waals surface area contributed by atoms with Crippen molar-refractivity contribution >= 4 is 23.4 Å². The summed E-state index contributed by atoms with van der Waals surface area (Å²) in [7, 11) is 0. The second-order valence-electron chi connectivity index (χ2n) is 5.43. The molecule has 25 heavy (non-hydrogen) atoms. The van der Waals surface area contributed by atoms with Crippen LogP contribution in [0.15, 0.2) is 36.4 Å². The summed E-state index contributed by atoms with van der Waals surface area (Å²) in [5.41, 5.74) is -3.97. The number of hydrogen-bond acceptors (Lipinski definition) is 3. The zero-order valence-corrected chi connectivity index (χ0v) is 13.4. The highest BCUT2D eigenvalue weighted by Gasteiger charge is 2.44. The summed E-state index contributed by atoms with van der Waals surface area (Å²) in [5.74, 6) is -7.28. The van der Waals surface area contributed by atoms with Crippen LogP contribution in [0.1, 0.15) is 17.5 Å². The number of ketones is 1. The number of rotatable bonds is 6. The first kappa shape index (κ1) is 19.0. The molecule has 0 spiro atoms. The molecule has 0 aliphatic carbocycles. The maximum atomic E-state index is 13.9. The van der Waals surface area contributed by atoms with Gasteiger partial charge in [-0.1, -0.05) is 23.7 Å². The molecule has 0 aliphatic rings. The lowest BCUT2D eigenvalue weighted by Gasteiger charge is -2.24. The van der Waals surface area contributed by atoms with Gasteiger partial charge in [-0.3, -0.25) is 4.79 Å². The predicted molar refractivity (Wildman–Crippen MR) is 82.6 cm³/mol. The number of benzene rings is 2. The number of halogens is 4. The number of carboxylic acid groups (broad SMARTS) is 1. The Bertz CT molecular complexity index is 800. The minimum absolute atomic E-state index is 0.232. The summed E-state index contributed by atoms with van der Waals surface area (Å²) in [5, 5.41) is 19.9. The first-order valence-corrected chi connectivity index (χ1v) is 7.38. The largest absolute Gasteiger partial charge is 0.479 e. The van der Waals surface area contributed by atoms with Crippen LogP contribution >= 0.6 is 11.6 Å². The molecule has 0 aliphatic heterocycles. The molecule has 8 heteroatoms. The molecule has 0 aromatic heterocycles. The van der Waals surface area contributed by atoms with Crippen LogP contribution in [-0.4, -0.2) is 22.0 Å². The van der Waals surface area contributed by atoms with E-state index in [4.69, 9.17) is 11.6 Å². The van der Waals surface area contributed by atoms with E-state index in [1.54, 1.807) is 0 Å². The van der Waals surface area contributed by atoms with E-state index in [0.29, 0.717) is 10.6 Å². The van der Waals surface area contributed by atoms with Crippen molar-refractivity contribution in [3.8, 4) is 0 Å². The van der Waals surface area contributed by atoms with Gasteiger partial charge in [-0.05, 0) is 17.7 Å². The third-order valence-corrected chi connectivity index (χ3v) is 3.79. The number of carboxylic acids is 1. The highest BCUT2D eigenvalue weighted by Crippen LogP contribution is 2.31. The summed E-state index contributed by atoms with van der Waals surface area (Å²) < 4.78 is 40.7. The summed E-state index contributed by atoms with van der Waals surface area (Å²) >= 11 is 5.71. The second-order valence-corrected chi connectivity index (χ2v) is 5.86. The van der Waals surface area contributed by atoms with Gasteiger partial charge in [0.1, 0.15) is 23.2 Å².